The van der Waals surface area contributed by atoms with Gasteiger partial charge in [-0.1, -0.05) is 33.6 Å². The summed E-state index contributed by atoms with van der Waals surface area (Å²) in [5.74, 6) is -0.584. The van der Waals surface area contributed by atoms with Crippen molar-refractivity contribution < 1.29 is 21.6 Å². The van der Waals surface area contributed by atoms with Gasteiger partial charge in [0.1, 0.15) is 6.54 Å². The van der Waals surface area contributed by atoms with E-state index in [0.29, 0.717) is 27.6 Å². The van der Waals surface area contributed by atoms with E-state index in [1.807, 2.05) is 6.92 Å². The van der Waals surface area contributed by atoms with Gasteiger partial charge in [0.05, 0.1) is 22.5 Å². The summed E-state index contributed by atoms with van der Waals surface area (Å²) in [6.07, 6.45) is 1.02. The molecule has 0 aliphatic carbocycles. The third kappa shape index (κ3) is 6.75. The van der Waals surface area contributed by atoms with Gasteiger partial charge in [-0.25, -0.2) is 16.8 Å². The van der Waals surface area contributed by atoms with Crippen LogP contribution in [0.25, 0.3) is 0 Å². The van der Waals surface area contributed by atoms with Gasteiger partial charge < -0.3 is 5.32 Å². The van der Waals surface area contributed by atoms with Crippen LogP contribution in [0.3, 0.4) is 0 Å². The zero-order chi connectivity index (χ0) is 26.0. The Kier molecular flexibility index (Phi) is 8.15. The van der Waals surface area contributed by atoms with E-state index in [1.54, 1.807) is 43.3 Å². The van der Waals surface area contributed by atoms with E-state index in [1.165, 1.54) is 24.3 Å². The SMILES string of the molecule is Cc1cc(N(CC(=O)Nc2ccc(S(=O)(=O)Nc3cccc(Cl)c3C)cc2)S(C)(=O)=O)ccc1Br. The van der Waals surface area contributed by atoms with Gasteiger partial charge in [0, 0.05) is 15.2 Å². The second kappa shape index (κ2) is 10.6. The Morgan fingerprint density at radius 2 is 1.66 bits per heavy atom. The maximum Gasteiger partial charge on any atom is 0.261 e. The molecule has 0 saturated heterocycles. The number of carbonyl (C=O) groups excluding carboxylic acids is 1. The van der Waals surface area contributed by atoms with Crippen LogP contribution < -0.4 is 14.3 Å². The van der Waals surface area contributed by atoms with Crippen LogP contribution >= 0.6 is 27.5 Å². The summed E-state index contributed by atoms with van der Waals surface area (Å²) in [6.45, 7) is 3.07. The zero-order valence-corrected chi connectivity index (χ0v) is 23.0. The van der Waals surface area contributed by atoms with Gasteiger partial charge in [-0.15, -0.1) is 0 Å². The van der Waals surface area contributed by atoms with E-state index < -0.39 is 32.5 Å². The number of rotatable bonds is 8. The van der Waals surface area contributed by atoms with Gasteiger partial charge >= 0.3 is 0 Å². The number of hydrogen-bond donors (Lipinski definition) is 2. The zero-order valence-electron chi connectivity index (χ0n) is 19.0. The minimum atomic E-state index is -3.89. The second-order valence-corrected chi connectivity index (χ2v) is 12.6. The summed E-state index contributed by atoms with van der Waals surface area (Å²) in [6, 6.07) is 15.4. The number of amides is 1. The van der Waals surface area contributed by atoms with Gasteiger partial charge in [0.25, 0.3) is 10.0 Å². The molecule has 35 heavy (non-hydrogen) atoms. The first-order valence-corrected chi connectivity index (χ1v) is 14.7. The van der Waals surface area contributed by atoms with Crippen LogP contribution in [0.1, 0.15) is 11.1 Å². The molecule has 0 heterocycles. The van der Waals surface area contributed by atoms with Crippen molar-refractivity contribution in [2.75, 3.05) is 27.1 Å². The van der Waals surface area contributed by atoms with Crippen LogP contribution in [-0.4, -0.2) is 35.5 Å². The van der Waals surface area contributed by atoms with Crippen molar-refractivity contribution in [3.05, 3.63) is 81.3 Å². The molecule has 0 atom stereocenters. The molecule has 186 valence electrons. The van der Waals surface area contributed by atoms with Crippen molar-refractivity contribution in [1.82, 2.24) is 0 Å². The van der Waals surface area contributed by atoms with E-state index in [4.69, 9.17) is 11.6 Å². The number of nitrogens with zero attached hydrogens (tertiary/aromatic N) is 1. The second-order valence-electron chi connectivity index (χ2n) is 7.79. The van der Waals surface area contributed by atoms with Gasteiger partial charge in [0.15, 0.2) is 0 Å². The molecule has 1 amide bonds. The van der Waals surface area contributed by atoms with Crippen molar-refractivity contribution >= 4 is 70.5 Å². The summed E-state index contributed by atoms with van der Waals surface area (Å²) >= 11 is 9.43. The van der Waals surface area contributed by atoms with Gasteiger partial charge in [0.2, 0.25) is 15.9 Å². The smallest absolute Gasteiger partial charge is 0.261 e. The molecule has 0 spiro atoms. The number of anilines is 3. The van der Waals surface area contributed by atoms with E-state index in [-0.39, 0.29) is 4.90 Å². The van der Waals surface area contributed by atoms with E-state index in [2.05, 4.69) is 26.0 Å². The molecule has 0 saturated carbocycles. The maximum absolute atomic E-state index is 12.7. The van der Waals surface area contributed by atoms with Gasteiger partial charge in [-0.2, -0.15) is 0 Å². The van der Waals surface area contributed by atoms with Crippen molar-refractivity contribution in [3.8, 4) is 0 Å². The topological polar surface area (TPSA) is 113 Å². The predicted molar refractivity (Wildman–Crippen MR) is 143 cm³/mol. The molecule has 3 aromatic rings. The average Bonchev–Trinajstić information content (AvgIpc) is 2.77. The predicted octanol–water partition coefficient (Wildman–Crippen LogP) is 4.92. The fraction of sp³-hybridized carbons (Fsp3) is 0.174. The monoisotopic (exact) mass is 599 g/mol. The first-order chi connectivity index (χ1) is 16.3. The maximum atomic E-state index is 12.7. The molecule has 0 aromatic heterocycles. The van der Waals surface area contributed by atoms with E-state index in [9.17, 15) is 21.6 Å². The van der Waals surface area contributed by atoms with E-state index in [0.717, 1.165) is 20.6 Å². The number of hydrogen-bond acceptors (Lipinski definition) is 5. The highest BCUT2D eigenvalue weighted by Gasteiger charge is 2.22. The summed E-state index contributed by atoms with van der Waals surface area (Å²) in [4.78, 5) is 12.6. The Morgan fingerprint density at radius 3 is 2.26 bits per heavy atom. The van der Waals surface area contributed by atoms with Crippen LogP contribution in [0.5, 0.6) is 0 Å². The highest BCUT2D eigenvalue weighted by atomic mass is 79.9. The van der Waals surface area contributed by atoms with Crippen LogP contribution in [0.4, 0.5) is 17.1 Å². The third-order valence-electron chi connectivity index (χ3n) is 5.08. The number of benzene rings is 3. The molecule has 0 radical (unpaired) electrons. The number of aryl methyl sites for hydroxylation is 1. The van der Waals surface area contributed by atoms with Gasteiger partial charge in [-0.3, -0.25) is 13.8 Å². The molecule has 0 aliphatic heterocycles. The third-order valence-corrected chi connectivity index (χ3v) is 8.90. The molecule has 0 bridgehead atoms. The van der Waals surface area contributed by atoms with Crippen LogP contribution in [-0.2, 0) is 24.8 Å². The Morgan fingerprint density at radius 1 is 1.00 bits per heavy atom. The first kappa shape index (κ1) is 27.0. The summed E-state index contributed by atoms with van der Waals surface area (Å²) in [5.41, 5.74) is 2.44. The molecule has 0 fully saturated rings. The van der Waals surface area contributed by atoms with Gasteiger partial charge in [-0.05, 0) is 79.6 Å². The van der Waals surface area contributed by atoms with Crippen molar-refractivity contribution in [3.63, 3.8) is 0 Å². The Hall–Kier alpha value is -2.60. The van der Waals surface area contributed by atoms with Crippen LogP contribution in [0, 0.1) is 13.8 Å². The minimum Gasteiger partial charge on any atom is -0.325 e. The average molecular weight is 601 g/mol. The minimum absolute atomic E-state index is 0.0158. The first-order valence-electron chi connectivity index (χ1n) is 10.2. The summed E-state index contributed by atoms with van der Waals surface area (Å²) in [7, 11) is -7.63. The normalized spacial score (nSPS) is 11.7. The lowest BCUT2D eigenvalue weighted by Gasteiger charge is -2.22. The molecule has 12 heteroatoms. The number of sulfonamides is 2. The van der Waals surface area contributed by atoms with E-state index >= 15 is 0 Å². The number of carbonyl (C=O) groups is 1. The fourth-order valence-electron chi connectivity index (χ4n) is 3.15. The van der Waals surface area contributed by atoms with Crippen molar-refractivity contribution in [2.24, 2.45) is 0 Å². The lowest BCUT2D eigenvalue weighted by Crippen LogP contribution is -2.37. The van der Waals surface area contributed by atoms with Crippen molar-refractivity contribution in [1.29, 1.82) is 0 Å². The molecule has 0 unspecified atom stereocenters. The Labute approximate surface area is 218 Å². The molecule has 0 aliphatic rings. The fourth-order valence-corrected chi connectivity index (χ4v) is 5.55. The summed E-state index contributed by atoms with van der Waals surface area (Å²) in [5, 5.41) is 3.03. The molecule has 2 N–H and O–H groups in total. The molecule has 8 nitrogen and oxygen atoms in total. The molecular weight excluding hydrogens is 578 g/mol. The lowest BCUT2D eigenvalue weighted by molar-refractivity contribution is -0.114. The highest BCUT2D eigenvalue weighted by Crippen LogP contribution is 2.27. The van der Waals surface area contributed by atoms with Crippen LogP contribution in [0.15, 0.2) is 70.0 Å². The summed E-state index contributed by atoms with van der Waals surface area (Å²) < 4.78 is 54.4. The Bertz CT molecular complexity index is 1480. The number of nitrogens with one attached hydrogen (secondary N) is 2. The number of halogens is 2. The van der Waals surface area contributed by atoms with Crippen LogP contribution in [0.2, 0.25) is 5.02 Å². The largest absolute Gasteiger partial charge is 0.325 e. The lowest BCUT2D eigenvalue weighted by atomic mass is 10.2. The molecule has 3 rings (SSSR count). The highest BCUT2D eigenvalue weighted by molar-refractivity contribution is 9.10. The molecular formula is C23H23BrClN3O5S2. The standard InChI is InChI=1S/C23H23BrClN3O5S2/c1-15-13-18(9-12-20(15)24)28(34(3,30)31)14-23(29)26-17-7-10-19(11-8-17)35(32,33)27-22-6-4-5-21(25)16(22)2/h4-13,27H,14H2,1-3H3,(H,26,29). The Balaban J connectivity index is 1.74. The van der Waals surface area contributed by atoms with Crippen molar-refractivity contribution in [2.45, 2.75) is 18.7 Å². The quantitative estimate of drug-likeness (QED) is 0.381. The molecule has 3 aromatic carbocycles.